The van der Waals surface area contributed by atoms with E-state index in [9.17, 15) is 4.79 Å². The normalized spacial score (nSPS) is 18.8. The number of nitrogens with zero attached hydrogens (tertiary/aromatic N) is 1. The average Bonchev–Trinajstić information content (AvgIpc) is 2.50. The number of aliphatic hydroxyl groups is 1. The van der Waals surface area contributed by atoms with Crippen molar-refractivity contribution < 1.29 is 9.90 Å². The van der Waals surface area contributed by atoms with Gasteiger partial charge >= 0.3 is 0 Å². The maximum Gasteiger partial charge on any atom is 0.232 e. The zero-order chi connectivity index (χ0) is 15.1. The molecule has 5 heteroatoms. The lowest BCUT2D eigenvalue weighted by Gasteiger charge is -2.35. The van der Waals surface area contributed by atoms with Gasteiger partial charge in [0.25, 0.3) is 0 Å². The molecule has 1 amide bonds. The topological polar surface area (TPSA) is 40.5 Å². The van der Waals surface area contributed by atoms with E-state index in [2.05, 4.69) is 0 Å². The third kappa shape index (κ3) is 4.90. The molecule has 21 heavy (non-hydrogen) atoms. The van der Waals surface area contributed by atoms with Crippen LogP contribution in [-0.2, 0) is 10.5 Å². The molecule has 2 rings (SSSR count). The van der Waals surface area contributed by atoms with Gasteiger partial charge < -0.3 is 10.0 Å². The fourth-order valence-electron chi connectivity index (χ4n) is 2.72. The van der Waals surface area contributed by atoms with Gasteiger partial charge in [-0.1, -0.05) is 29.8 Å². The fraction of sp³-hybridized carbons (Fsp3) is 0.562. The molecule has 1 saturated heterocycles. The van der Waals surface area contributed by atoms with Crippen LogP contribution < -0.4 is 0 Å². The first-order chi connectivity index (χ1) is 10.2. The molecule has 3 nitrogen and oxygen atoms in total. The van der Waals surface area contributed by atoms with E-state index in [0.717, 1.165) is 42.1 Å². The molecular formula is C16H22ClNO2S. The highest BCUT2D eigenvalue weighted by Gasteiger charge is 2.25. The predicted octanol–water partition coefficient (Wildman–Crippen LogP) is 3.34. The number of thioether (sulfide) groups is 1. The van der Waals surface area contributed by atoms with Crippen molar-refractivity contribution in [3.05, 3.63) is 34.9 Å². The summed E-state index contributed by atoms with van der Waals surface area (Å²) in [6.45, 7) is 0.983. The number of piperidine rings is 1. The minimum Gasteiger partial charge on any atom is -0.396 e. The second-order valence-corrected chi connectivity index (χ2v) is 6.73. The maximum atomic E-state index is 12.3. The van der Waals surface area contributed by atoms with Crippen LogP contribution in [-0.4, -0.2) is 40.9 Å². The van der Waals surface area contributed by atoms with Crippen molar-refractivity contribution in [2.24, 2.45) is 0 Å². The van der Waals surface area contributed by atoms with Crippen LogP contribution >= 0.6 is 23.4 Å². The molecule has 0 spiro atoms. The zero-order valence-electron chi connectivity index (χ0n) is 12.1. The second kappa shape index (κ2) is 8.66. The summed E-state index contributed by atoms with van der Waals surface area (Å²) in [6.07, 6.45) is 3.94. The number of hydrogen-bond acceptors (Lipinski definition) is 3. The van der Waals surface area contributed by atoms with Crippen molar-refractivity contribution in [1.82, 2.24) is 4.90 Å². The highest BCUT2D eigenvalue weighted by Crippen LogP contribution is 2.23. The number of halogens is 1. The molecule has 1 aliphatic rings. The van der Waals surface area contributed by atoms with Crippen molar-refractivity contribution in [3.63, 3.8) is 0 Å². The summed E-state index contributed by atoms with van der Waals surface area (Å²) < 4.78 is 0. The molecule has 0 radical (unpaired) electrons. The van der Waals surface area contributed by atoms with Gasteiger partial charge in [-0.05, 0) is 37.3 Å². The molecule has 0 saturated carbocycles. The lowest BCUT2D eigenvalue weighted by atomic mass is 10.00. The van der Waals surface area contributed by atoms with Crippen LogP contribution in [0.25, 0.3) is 0 Å². The fourth-order valence-corrected chi connectivity index (χ4v) is 3.92. The third-order valence-corrected chi connectivity index (χ3v) is 5.19. The Morgan fingerprint density at radius 3 is 2.95 bits per heavy atom. The van der Waals surface area contributed by atoms with Crippen molar-refractivity contribution in [1.29, 1.82) is 0 Å². The van der Waals surface area contributed by atoms with Gasteiger partial charge in [0.05, 0.1) is 5.75 Å². The number of likely N-dealkylation sites (tertiary alicyclic amines) is 1. The third-order valence-electron chi connectivity index (χ3n) is 3.85. The Balaban J connectivity index is 1.82. The van der Waals surface area contributed by atoms with Crippen LogP contribution in [0, 0.1) is 0 Å². The van der Waals surface area contributed by atoms with E-state index in [4.69, 9.17) is 16.7 Å². The van der Waals surface area contributed by atoms with E-state index in [1.165, 1.54) is 0 Å². The van der Waals surface area contributed by atoms with Crippen molar-refractivity contribution in [2.75, 3.05) is 18.9 Å². The SMILES string of the molecule is O=C(CSCc1ccccc1Cl)N1CCCCC1CCO. The number of amides is 1. The number of carbonyl (C=O) groups is 1. The molecule has 1 aliphatic heterocycles. The average molecular weight is 328 g/mol. The summed E-state index contributed by atoms with van der Waals surface area (Å²) in [5.74, 6) is 1.42. The highest BCUT2D eigenvalue weighted by molar-refractivity contribution is 7.99. The van der Waals surface area contributed by atoms with E-state index in [-0.39, 0.29) is 18.6 Å². The van der Waals surface area contributed by atoms with Gasteiger partial charge in [-0.2, -0.15) is 0 Å². The van der Waals surface area contributed by atoms with E-state index < -0.39 is 0 Å². The van der Waals surface area contributed by atoms with E-state index in [1.54, 1.807) is 11.8 Å². The molecule has 0 aliphatic carbocycles. The maximum absolute atomic E-state index is 12.3. The lowest BCUT2D eigenvalue weighted by Crippen LogP contribution is -2.45. The Morgan fingerprint density at radius 2 is 2.19 bits per heavy atom. The number of carbonyl (C=O) groups excluding carboxylic acids is 1. The minimum absolute atomic E-state index is 0.154. The lowest BCUT2D eigenvalue weighted by molar-refractivity contribution is -0.132. The van der Waals surface area contributed by atoms with Gasteiger partial charge in [0.2, 0.25) is 5.91 Å². The number of hydrogen-bond donors (Lipinski definition) is 1. The zero-order valence-corrected chi connectivity index (χ0v) is 13.7. The number of benzene rings is 1. The molecule has 1 fully saturated rings. The summed E-state index contributed by atoms with van der Waals surface area (Å²) in [6, 6.07) is 7.97. The summed E-state index contributed by atoms with van der Waals surface area (Å²) in [5.41, 5.74) is 1.07. The van der Waals surface area contributed by atoms with E-state index >= 15 is 0 Å². The summed E-state index contributed by atoms with van der Waals surface area (Å²) >= 11 is 7.72. The van der Waals surface area contributed by atoms with Crippen LogP contribution in [0.5, 0.6) is 0 Å². The quantitative estimate of drug-likeness (QED) is 0.871. The molecule has 0 bridgehead atoms. The van der Waals surface area contributed by atoms with E-state index in [1.807, 2.05) is 29.2 Å². The molecule has 1 aromatic rings. The Labute approximate surface area is 135 Å². The van der Waals surface area contributed by atoms with E-state index in [0.29, 0.717) is 12.2 Å². The first-order valence-corrected chi connectivity index (χ1v) is 8.97. The molecule has 116 valence electrons. The first kappa shape index (κ1) is 16.7. The molecule has 1 heterocycles. The molecule has 1 N–H and O–H groups in total. The van der Waals surface area contributed by atoms with Crippen molar-refractivity contribution in [3.8, 4) is 0 Å². The van der Waals surface area contributed by atoms with Gasteiger partial charge in [-0.25, -0.2) is 0 Å². The Morgan fingerprint density at radius 1 is 1.38 bits per heavy atom. The van der Waals surface area contributed by atoms with Crippen molar-refractivity contribution in [2.45, 2.75) is 37.5 Å². The van der Waals surface area contributed by atoms with Gasteiger partial charge in [0.15, 0.2) is 0 Å². The molecule has 1 aromatic carbocycles. The Kier molecular flexibility index (Phi) is 6.87. The molecular weight excluding hydrogens is 306 g/mol. The number of aliphatic hydroxyl groups excluding tert-OH is 1. The second-order valence-electron chi connectivity index (χ2n) is 5.33. The largest absolute Gasteiger partial charge is 0.396 e. The molecule has 1 atom stereocenters. The van der Waals surface area contributed by atoms with Crippen LogP contribution in [0.3, 0.4) is 0 Å². The van der Waals surface area contributed by atoms with Gasteiger partial charge in [-0.15, -0.1) is 11.8 Å². The van der Waals surface area contributed by atoms with Crippen LogP contribution in [0.1, 0.15) is 31.2 Å². The van der Waals surface area contributed by atoms with Crippen LogP contribution in [0.2, 0.25) is 5.02 Å². The molecule has 0 aromatic heterocycles. The van der Waals surface area contributed by atoms with Gasteiger partial charge in [-0.3, -0.25) is 4.79 Å². The first-order valence-electron chi connectivity index (χ1n) is 7.44. The van der Waals surface area contributed by atoms with Crippen LogP contribution in [0.4, 0.5) is 0 Å². The highest BCUT2D eigenvalue weighted by atomic mass is 35.5. The smallest absolute Gasteiger partial charge is 0.232 e. The summed E-state index contributed by atoms with van der Waals surface area (Å²) in [4.78, 5) is 14.3. The minimum atomic E-state index is 0.154. The number of rotatable bonds is 6. The van der Waals surface area contributed by atoms with Crippen LogP contribution in [0.15, 0.2) is 24.3 Å². The monoisotopic (exact) mass is 327 g/mol. The van der Waals surface area contributed by atoms with Gasteiger partial charge in [0, 0.05) is 30.0 Å². The predicted molar refractivity (Wildman–Crippen MR) is 88.7 cm³/mol. The molecule has 1 unspecified atom stereocenters. The Bertz CT molecular complexity index is 467. The standard InChI is InChI=1S/C16H22ClNO2S/c17-15-7-2-1-5-13(15)11-21-12-16(20)18-9-4-3-6-14(18)8-10-19/h1-2,5,7,14,19H,3-4,6,8-12H2. The Hall–Kier alpha value is -0.710. The van der Waals surface area contributed by atoms with Gasteiger partial charge in [0.1, 0.15) is 0 Å². The summed E-state index contributed by atoms with van der Waals surface area (Å²) in [5, 5.41) is 9.87. The van der Waals surface area contributed by atoms with Crippen molar-refractivity contribution >= 4 is 29.3 Å². The summed E-state index contributed by atoms with van der Waals surface area (Å²) in [7, 11) is 0.